The van der Waals surface area contributed by atoms with Gasteiger partial charge in [0.2, 0.25) is 10.0 Å². The molecular formula is C18H24N2O5S2. The standard InChI is InChI=1S/C18H24N2O5S2/c1-18(2)10-14(21)9-15(25-18)17(22)20-7-3-5-13(12-20)11-19-27(23,24)16-6-4-8-26-16/h4,6,8-9,13,19H,3,5,7,10-12H2,1-2H3/t13-/m1/s1. The summed E-state index contributed by atoms with van der Waals surface area (Å²) >= 11 is 1.17. The van der Waals surface area contributed by atoms with Gasteiger partial charge in [0.05, 0.1) is 0 Å². The monoisotopic (exact) mass is 412 g/mol. The van der Waals surface area contributed by atoms with Crippen molar-refractivity contribution in [3.05, 3.63) is 29.3 Å². The van der Waals surface area contributed by atoms with Gasteiger partial charge < -0.3 is 9.64 Å². The molecule has 0 aliphatic carbocycles. The first-order chi connectivity index (χ1) is 12.7. The highest BCUT2D eigenvalue weighted by molar-refractivity contribution is 7.91. The smallest absolute Gasteiger partial charge is 0.289 e. The van der Waals surface area contributed by atoms with Crippen LogP contribution in [-0.2, 0) is 24.3 Å². The van der Waals surface area contributed by atoms with Gasteiger partial charge in [0.25, 0.3) is 5.91 Å². The van der Waals surface area contributed by atoms with Crippen LogP contribution in [0.1, 0.15) is 33.1 Å². The van der Waals surface area contributed by atoms with Crippen LogP contribution in [0.3, 0.4) is 0 Å². The molecule has 0 bridgehead atoms. The van der Waals surface area contributed by atoms with E-state index in [9.17, 15) is 18.0 Å². The number of nitrogens with zero attached hydrogens (tertiary/aromatic N) is 1. The van der Waals surface area contributed by atoms with E-state index in [4.69, 9.17) is 4.74 Å². The zero-order valence-corrected chi connectivity index (χ0v) is 17.1. The van der Waals surface area contributed by atoms with E-state index in [2.05, 4.69) is 4.72 Å². The number of sulfonamides is 1. The van der Waals surface area contributed by atoms with Gasteiger partial charge in [-0.25, -0.2) is 13.1 Å². The number of nitrogens with one attached hydrogen (secondary N) is 1. The lowest BCUT2D eigenvalue weighted by atomic mass is 9.96. The molecule has 0 radical (unpaired) electrons. The highest BCUT2D eigenvalue weighted by Gasteiger charge is 2.35. The van der Waals surface area contributed by atoms with Crippen molar-refractivity contribution in [3.8, 4) is 0 Å². The number of hydrogen-bond acceptors (Lipinski definition) is 6. The van der Waals surface area contributed by atoms with Crippen LogP contribution < -0.4 is 4.72 Å². The maximum absolute atomic E-state index is 12.8. The molecule has 1 aromatic rings. The lowest BCUT2D eigenvalue weighted by molar-refractivity contribution is -0.139. The first kappa shape index (κ1) is 20.0. The molecule has 9 heteroatoms. The van der Waals surface area contributed by atoms with E-state index in [1.54, 1.807) is 36.3 Å². The van der Waals surface area contributed by atoms with Crippen molar-refractivity contribution in [1.29, 1.82) is 0 Å². The number of ketones is 1. The zero-order valence-electron chi connectivity index (χ0n) is 15.4. The van der Waals surface area contributed by atoms with Gasteiger partial charge in [-0.05, 0) is 44.1 Å². The van der Waals surface area contributed by atoms with Crippen molar-refractivity contribution in [2.75, 3.05) is 19.6 Å². The molecule has 148 valence electrons. The highest BCUT2D eigenvalue weighted by atomic mass is 32.2. The summed E-state index contributed by atoms with van der Waals surface area (Å²) in [5, 5.41) is 1.72. The van der Waals surface area contributed by atoms with Crippen molar-refractivity contribution in [2.45, 2.75) is 42.9 Å². The summed E-state index contributed by atoms with van der Waals surface area (Å²) in [6.45, 7) is 4.84. The van der Waals surface area contributed by atoms with E-state index in [1.165, 1.54) is 17.4 Å². The van der Waals surface area contributed by atoms with Crippen LogP contribution in [0.5, 0.6) is 0 Å². The van der Waals surface area contributed by atoms with Gasteiger partial charge in [0.1, 0.15) is 9.81 Å². The summed E-state index contributed by atoms with van der Waals surface area (Å²) in [6, 6.07) is 3.26. The largest absolute Gasteiger partial charge is 0.481 e. The third-order valence-corrected chi connectivity index (χ3v) is 7.44. The van der Waals surface area contributed by atoms with Crippen LogP contribution >= 0.6 is 11.3 Å². The first-order valence-electron chi connectivity index (χ1n) is 8.92. The number of piperidine rings is 1. The Morgan fingerprint density at radius 3 is 2.89 bits per heavy atom. The van der Waals surface area contributed by atoms with E-state index in [1.807, 2.05) is 0 Å². The van der Waals surface area contributed by atoms with Crippen molar-refractivity contribution < 1.29 is 22.7 Å². The molecule has 2 aliphatic rings. The quantitative estimate of drug-likeness (QED) is 0.798. The van der Waals surface area contributed by atoms with Crippen LogP contribution in [0.2, 0.25) is 0 Å². The lowest BCUT2D eigenvalue weighted by Crippen LogP contribution is -2.46. The molecule has 3 rings (SSSR count). The Bertz CT molecular complexity index is 843. The van der Waals surface area contributed by atoms with Crippen LogP contribution in [0.15, 0.2) is 33.6 Å². The maximum atomic E-state index is 12.8. The molecule has 0 saturated carbocycles. The van der Waals surface area contributed by atoms with Gasteiger partial charge in [-0.1, -0.05) is 6.07 Å². The normalized spacial score (nSPS) is 22.9. The molecular weight excluding hydrogens is 388 g/mol. The second-order valence-corrected chi connectivity index (χ2v) is 10.5. The number of amides is 1. The van der Waals surface area contributed by atoms with E-state index in [-0.39, 0.29) is 40.5 Å². The van der Waals surface area contributed by atoms with E-state index in [0.29, 0.717) is 13.1 Å². The minimum absolute atomic E-state index is 0.0188. The second kappa shape index (κ2) is 7.73. The van der Waals surface area contributed by atoms with E-state index >= 15 is 0 Å². The zero-order chi connectivity index (χ0) is 19.7. The number of ether oxygens (including phenoxy) is 1. The SMILES string of the molecule is CC1(C)CC(=O)C=C(C(=O)N2CCC[C@H](CNS(=O)(=O)c3cccs3)C2)O1. The molecule has 2 aliphatic heterocycles. The average Bonchev–Trinajstić information content (AvgIpc) is 3.13. The van der Waals surface area contributed by atoms with E-state index in [0.717, 1.165) is 12.8 Å². The number of allylic oxidation sites excluding steroid dienone is 1. The Kier molecular flexibility index (Phi) is 5.73. The molecule has 1 saturated heterocycles. The van der Waals surface area contributed by atoms with Gasteiger partial charge in [-0.2, -0.15) is 0 Å². The molecule has 0 aromatic carbocycles. The van der Waals surface area contributed by atoms with Crippen molar-refractivity contribution in [2.24, 2.45) is 5.92 Å². The number of rotatable bonds is 5. The fourth-order valence-corrected chi connectivity index (χ4v) is 5.53. The number of hydrogen-bond donors (Lipinski definition) is 1. The van der Waals surface area contributed by atoms with Gasteiger partial charge in [0.15, 0.2) is 11.5 Å². The topological polar surface area (TPSA) is 92.8 Å². The molecule has 1 aromatic heterocycles. The van der Waals surface area contributed by atoms with Crippen molar-refractivity contribution in [1.82, 2.24) is 9.62 Å². The predicted octanol–water partition coefficient (Wildman–Crippen LogP) is 1.92. The van der Waals surface area contributed by atoms with Crippen LogP contribution in [-0.4, -0.2) is 50.2 Å². The summed E-state index contributed by atoms with van der Waals surface area (Å²) in [6.07, 6.45) is 3.14. The summed E-state index contributed by atoms with van der Waals surface area (Å²) in [5.41, 5.74) is -0.692. The van der Waals surface area contributed by atoms with Crippen molar-refractivity contribution in [3.63, 3.8) is 0 Å². The minimum atomic E-state index is -3.51. The Morgan fingerprint density at radius 2 is 2.22 bits per heavy atom. The first-order valence-corrected chi connectivity index (χ1v) is 11.3. The lowest BCUT2D eigenvalue weighted by Gasteiger charge is -2.36. The molecule has 0 unspecified atom stereocenters. The van der Waals surface area contributed by atoms with Gasteiger partial charge in [-0.3, -0.25) is 9.59 Å². The van der Waals surface area contributed by atoms with Gasteiger partial charge in [0, 0.05) is 32.1 Å². The second-order valence-electron chi connectivity index (χ2n) is 7.56. The fraction of sp³-hybridized carbons (Fsp3) is 0.556. The molecule has 0 spiro atoms. The van der Waals surface area contributed by atoms with Gasteiger partial charge in [-0.15, -0.1) is 11.3 Å². The molecule has 27 heavy (non-hydrogen) atoms. The van der Waals surface area contributed by atoms with E-state index < -0.39 is 15.6 Å². The van der Waals surface area contributed by atoms with Crippen LogP contribution in [0, 0.1) is 5.92 Å². The number of thiophene rings is 1. The van der Waals surface area contributed by atoms with Crippen molar-refractivity contribution >= 4 is 33.1 Å². The molecule has 3 heterocycles. The Labute approximate surface area is 163 Å². The minimum Gasteiger partial charge on any atom is -0.481 e. The summed E-state index contributed by atoms with van der Waals surface area (Å²) in [4.78, 5) is 26.3. The summed E-state index contributed by atoms with van der Waals surface area (Å²) in [7, 11) is -3.51. The third kappa shape index (κ3) is 4.97. The Hall–Kier alpha value is -1.71. The summed E-state index contributed by atoms with van der Waals surface area (Å²) < 4.78 is 33.1. The van der Waals surface area contributed by atoms with Crippen LogP contribution in [0.25, 0.3) is 0 Å². The van der Waals surface area contributed by atoms with Gasteiger partial charge >= 0.3 is 0 Å². The number of carbonyl (C=O) groups is 2. The molecule has 1 fully saturated rings. The highest BCUT2D eigenvalue weighted by Crippen LogP contribution is 2.27. The fourth-order valence-electron chi connectivity index (χ4n) is 3.37. The average molecular weight is 413 g/mol. The Morgan fingerprint density at radius 1 is 1.44 bits per heavy atom. The molecule has 7 nitrogen and oxygen atoms in total. The molecule has 1 N–H and O–H groups in total. The maximum Gasteiger partial charge on any atom is 0.289 e. The van der Waals surface area contributed by atoms with Crippen LogP contribution in [0.4, 0.5) is 0 Å². The Balaban J connectivity index is 1.61. The molecule has 1 atom stereocenters. The third-order valence-electron chi connectivity index (χ3n) is 4.62. The molecule has 1 amide bonds. The number of likely N-dealkylation sites (tertiary alicyclic amines) is 1. The predicted molar refractivity (Wildman–Crippen MR) is 102 cm³/mol. The number of carbonyl (C=O) groups excluding carboxylic acids is 2. The summed E-state index contributed by atoms with van der Waals surface area (Å²) in [5.74, 6) is -0.324.